The first-order valence-electron chi connectivity index (χ1n) is 13.9. The Labute approximate surface area is 232 Å². The molecular formula is C32H37F5N2O. The fourth-order valence-corrected chi connectivity index (χ4v) is 5.77. The molecular weight excluding hydrogens is 523 g/mol. The van der Waals surface area contributed by atoms with Crippen LogP contribution in [0.5, 0.6) is 0 Å². The van der Waals surface area contributed by atoms with E-state index in [1.165, 1.54) is 13.1 Å². The van der Waals surface area contributed by atoms with Crippen molar-refractivity contribution >= 4 is 10.9 Å². The number of benzene rings is 1. The summed E-state index contributed by atoms with van der Waals surface area (Å²) in [7, 11) is 0. The lowest BCUT2D eigenvalue weighted by Crippen LogP contribution is -2.39. The number of rotatable bonds is 8. The van der Waals surface area contributed by atoms with E-state index in [4.69, 9.17) is 0 Å². The van der Waals surface area contributed by atoms with E-state index >= 15 is 0 Å². The molecule has 216 valence electrons. The lowest BCUT2D eigenvalue weighted by Gasteiger charge is -2.35. The van der Waals surface area contributed by atoms with Gasteiger partial charge in [-0.2, -0.15) is 13.2 Å². The van der Waals surface area contributed by atoms with Crippen LogP contribution in [0.2, 0.25) is 0 Å². The molecule has 0 aliphatic heterocycles. The van der Waals surface area contributed by atoms with E-state index in [9.17, 15) is 27.1 Å². The standard InChI is InChI=1S/C32H37F5N2O/c1-5-6-7-12-25-24-15-13-21(18-28(33)34)17-27(24)39(23-10-8-9-11-23)29(25)26-16-14-22(19-38-26)31(4,40)20-30(2,3)32(35,36)37/h13-17,19,23,28,40H,5-6,8-11,18,20H2,1-4H3. The molecule has 0 spiro atoms. The predicted molar refractivity (Wildman–Crippen MR) is 148 cm³/mol. The van der Waals surface area contributed by atoms with Crippen molar-refractivity contribution in [2.45, 2.75) is 103 Å². The molecule has 1 aliphatic rings. The van der Waals surface area contributed by atoms with Gasteiger partial charge in [-0.25, -0.2) is 8.78 Å². The van der Waals surface area contributed by atoms with Crippen molar-refractivity contribution < 1.29 is 27.1 Å². The summed E-state index contributed by atoms with van der Waals surface area (Å²) in [6, 6.07) is 8.89. The first kappa shape index (κ1) is 30.0. The number of hydrogen-bond donors (Lipinski definition) is 1. The number of aromatic nitrogens is 2. The molecule has 0 amide bonds. The lowest BCUT2D eigenvalue weighted by atomic mass is 9.77. The lowest BCUT2D eigenvalue weighted by molar-refractivity contribution is -0.227. The Bertz CT molecular complexity index is 1390. The molecule has 0 bridgehead atoms. The number of nitrogens with zero attached hydrogens (tertiary/aromatic N) is 2. The van der Waals surface area contributed by atoms with Crippen molar-refractivity contribution in [1.82, 2.24) is 9.55 Å². The SMILES string of the molecule is CCCC#Cc1c(-c2ccc(C(C)(O)CC(C)(C)C(F)(F)F)cn2)n(C2CCCC2)c2cc(CC(F)F)ccc12. The Morgan fingerprint density at radius 2 is 1.77 bits per heavy atom. The van der Waals surface area contributed by atoms with Crippen LogP contribution in [0.25, 0.3) is 22.3 Å². The van der Waals surface area contributed by atoms with Gasteiger partial charge in [0.1, 0.15) is 0 Å². The molecule has 4 rings (SSSR count). The van der Waals surface area contributed by atoms with Crippen LogP contribution in [-0.2, 0) is 12.0 Å². The number of alkyl halides is 5. The minimum atomic E-state index is -4.47. The van der Waals surface area contributed by atoms with Crippen LogP contribution in [0.3, 0.4) is 0 Å². The van der Waals surface area contributed by atoms with E-state index in [1.807, 2.05) is 19.1 Å². The van der Waals surface area contributed by atoms with Gasteiger partial charge in [-0.3, -0.25) is 4.98 Å². The highest BCUT2D eigenvalue weighted by molar-refractivity contribution is 5.95. The van der Waals surface area contributed by atoms with Crippen LogP contribution in [0.1, 0.15) is 95.4 Å². The fraction of sp³-hybridized carbons (Fsp3) is 0.531. The zero-order valence-corrected chi connectivity index (χ0v) is 23.5. The van der Waals surface area contributed by atoms with Crippen molar-refractivity contribution in [2.75, 3.05) is 0 Å². The summed E-state index contributed by atoms with van der Waals surface area (Å²) < 4.78 is 69.3. The van der Waals surface area contributed by atoms with Crippen molar-refractivity contribution in [3.8, 4) is 23.2 Å². The molecule has 1 N–H and O–H groups in total. The second-order valence-electron chi connectivity index (χ2n) is 11.8. The highest BCUT2D eigenvalue weighted by Gasteiger charge is 2.50. The van der Waals surface area contributed by atoms with Gasteiger partial charge in [-0.15, -0.1) is 0 Å². The third-order valence-corrected chi connectivity index (χ3v) is 7.92. The highest BCUT2D eigenvalue weighted by Crippen LogP contribution is 2.46. The number of aliphatic hydroxyl groups is 1. The summed E-state index contributed by atoms with van der Waals surface area (Å²) in [5.41, 5.74) is -0.0516. The minimum absolute atomic E-state index is 0.151. The quantitative estimate of drug-likeness (QED) is 0.221. The van der Waals surface area contributed by atoms with Gasteiger partial charge in [0.25, 0.3) is 0 Å². The third-order valence-electron chi connectivity index (χ3n) is 7.92. The smallest absolute Gasteiger partial charge is 0.385 e. The maximum absolute atomic E-state index is 13.5. The Hall–Kier alpha value is -2.92. The molecule has 2 aromatic heterocycles. The van der Waals surface area contributed by atoms with E-state index in [-0.39, 0.29) is 18.0 Å². The Balaban J connectivity index is 1.87. The second-order valence-corrected chi connectivity index (χ2v) is 11.8. The average molecular weight is 561 g/mol. The minimum Gasteiger partial charge on any atom is -0.385 e. The van der Waals surface area contributed by atoms with Gasteiger partial charge in [0.15, 0.2) is 0 Å². The Morgan fingerprint density at radius 3 is 2.35 bits per heavy atom. The largest absolute Gasteiger partial charge is 0.394 e. The fourth-order valence-electron chi connectivity index (χ4n) is 5.77. The molecule has 8 heteroatoms. The number of fused-ring (bicyclic) bond motifs is 1. The maximum Gasteiger partial charge on any atom is 0.394 e. The molecule has 3 aromatic rings. The summed E-state index contributed by atoms with van der Waals surface area (Å²) in [5, 5.41) is 11.9. The number of hydrogen-bond acceptors (Lipinski definition) is 2. The molecule has 0 radical (unpaired) electrons. The van der Waals surface area contributed by atoms with Gasteiger partial charge in [-0.1, -0.05) is 63.7 Å². The maximum atomic E-state index is 13.5. The normalized spacial score (nSPS) is 16.4. The molecule has 1 aliphatic carbocycles. The molecule has 40 heavy (non-hydrogen) atoms. The van der Waals surface area contributed by atoms with Gasteiger partial charge in [-0.05, 0) is 50.3 Å². The molecule has 1 fully saturated rings. The van der Waals surface area contributed by atoms with Gasteiger partial charge in [0, 0.05) is 36.0 Å². The van der Waals surface area contributed by atoms with Gasteiger partial charge in [0.2, 0.25) is 6.43 Å². The van der Waals surface area contributed by atoms with Crippen molar-refractivity contribution in [2.24, 2.45) is 5.41 Å². The van der Waals surface area contributed by atoms with Crippen LogP contribution in [0.15, 0.2) is 36.5 Å². The highest BCUT2D eigenvalue weighted by atomic mass is 19.4. The van der Waals surface area contributed by atoms with E-state index in [2.05, 4.69) is 21.4 Å². The van der Waals surface area contributed by atoms with Crippen LogP contribution >= 0.6 is 0 Å². The van der Waals surface area contributed by atoms with Crippen LogP contribution in [-0.4, -0.2) is 27.3 Å². The number of pyridine rings is 1. The van der Waals surface area contributed by atoms with Crippen LogP contribution < -0.4 is 0 Å². The summed E-state index contributed by atoms with van der Waals surface area (Å²) in [4.78, 5) is 4.64. The summed E-state index contributed by atoms with van der Waals surface area (Å²) >= 11 is 0. The average Bonchev–Trinajstić information content (AvgIpc) is 3.49. The molecule has 0 saturated heterocycles. The van der Waals surface area contributed by atoms with Gasteiger partial charge < -0.3 is 9.67 Å². The van der Waals surface area contributed by atoms with Gasteiger partial charge in [0.05, 0.1) is 33.5 Å². The van der Waals surface area contributed by atoms with E-state index in [0.717, 1.165) is 68.1 Å². The summed E-state index contributed by atoms with van der Waals surface area (Å²) in [6.45, 7) is 5.57. The molecule has 1 aromatic carbocycles. The van der Waals surface area contributed by atoms with E-state index in [1.54, 1.807) is 18.2 Å². The Morgan fingerprint density at radius 1 is 1.07 bits per heavy atom. The van der Waals surface area contributed by atoms with Crippen molar-refractivity contribution in [1.29, 1.82) is 0 Å². The molecule has 1 atom stereocenters. The zero-order valence-electron chi connectivity index (χ0n) is 23.5. The van der Waals surface area contributed by atoms with Crippen molar-refractivity contribution in [3.63, 3.8) is 0 Å². The predicted octanol–water partition coefficient (Wildman–Crippen LogP) is 8.96. The number of unbranched alkanes of at least 4 members (excludes halogenated alkanes) is 1. The monoisotopic (exact) mass is 560 g/mol. The number of halogens is 5. The first-order valence-corrected chi connectivity index (χ1v) is 13.9. The van der Waals surface area contributed by atoms with Crippen LogP contribution in [0, 0.1) is 17.3 Å². The first-order chi connectivity index (χ1) is 18.7. The van der Waals surface area contributed by atoms with E-state index in [0.29, 0.717) is 17.7 Å². The molecule has 1 saturated carbocycles. The van der Waals surface area contributed by atoms with E-state index < -0.39 is 30.0 Å². The molecule has 2 heterocycles. The zero-order chi connectivity index (χ0) is 29.3. The van der Waals surface area contributed by atoms with Gasteiger partial charge >= 0.3 is 6.18 Å². The third kappa shape index (κ3) is 6.20. The molecule has 3 nitrogen and oxygen atoms in total. The summed E-state index contributed by atoms with van der Waals surface area (Å²) in [5.74, 6) is 6.54. The van der Waals surface area contributed by atoms with Crippen molar-refractivity contribution in [3.05, 3.63) is 53.2 Å². The Kier molecular flexibility index (Phi) is 8.65. The second kappa shape index (κ2) is 11.5. The topological polar surface area (TPSA) is 38.1 Å². The molecule has 1 unspecified atom stereocenters. The summed E-state index contributed by atoms with van der Waals surface area (Å²) in [6.07, 6.45) is -0.772. The van der Waals surface area contributed by atoms with Crippen LogP contribution in [0.4, 0.5) is 22.0 Å².